The molecule has 0 aliphatic carbocycles. The molecule has 4 rings (SSSR count). The van der Waals surface area contributed by atoms with Crippen LogP contribution in [0.3, 0.4) is 0 Å². The monoisotopic (exact) mass is 461 g/mol. The number of carbonyl (C=O) groups is 3. The number of nitrogens with zero attached hydrogens (tertiary/aromatic N) is 1. The van der Waals surface area contributed by atoms with Gasteiger partial charge in [0.15, 0.2) is 11.5 Å². The Kier molecular flexibility index (Phi) is 7.27. The second-order valence-corrected chi connectivity index (χ2v) is 8.24. The van der Waals surface area contributed by atoms with Crippen molar-refractivity contribution in [1.29, 1.82) is 0 Å². The number of urea groups is 1. The number of piperidine rings is 1. The third-order valence-corrected chi connectivity index (χ3v) is 5.78. The number of hydrazine groups is 1. The molecule has 1 fully saturated rings. The first-order valence-corrected chi connectivity index (χ1v) is 11.2. The van der Waals surface area contributed by atoms with Crippen molar-refractivity contribution in [3.8, 4) is 5.75 Å². The van der Waals surface area contributed by atoms with E-state index in [9.17, 15) is 14.4 Å². The molecule has 34 heavy (non-hydrogen) atoms. The van der Waals surface area contributed by atoms with Crippen LogP contribution in [0.2, 0.25) is 0 Å². The number of furan rings is 1. The Bertz CT molecular complexity index is 1130. The summed E-state index contributed by atoms with van der Waals surface area (Å²) >= 11 is 0. The maximum Gasteiger partial charge on any atom is 0.336 e. The summed E-state index contributed by atoms with van der Waals surface area (Å²) in [5.41, 5.74) is 6.59. The summed E-state index contributed by atoms with van der Waals surface area (Å²) in [4.78, 5) is 39.0. The standard InChI is InChI=1S/C26H27N3O5/c1-18-7-9-19(10-8-18)24(30)20-13-15-29(16-14-20)26(32)28-27-25(31)23-12-11-22(34-23)17-33-21-5-3-2-4-6-21/h2-12,20H,13-17H2,1H3,(H,27,31)(H,28,32). The summed E-state index contributed by atoms with van der Waals surface area (Å²) in [5.74, 6) is 0.680. The molecule has 1 aliphatic heterocycles. The summed E-state index contributed by atoms with van der Waals surface area (Å²) in [7, 11) is 0. The van der Waals surface area contributed by atoms with Crippen LogP contribution in [0.15, 0.2) is 71.1 Å². The van der Waals surface area contributed by atoms with Gasteiger partial charge in [0, 0.05) is 24.6 Å². The molecule has 0 unspecified atom stereocenters. The molecule has 8 heteroatoms. The number of carbonyl (C=O) groups excluding carboxylic acids is 3. The predicted octanol–water partition coefficient (Wildman–Crippen LogP) is 4.12. The summed E-state index contributed by atoms with van der Waals surface area (Å²) in [5, 5.41) is 0. The van der Waals surface area contributed by atoms with E-state index in [1.807, 2.05) is 61.5 Å². The molecule has 3 aromatic rings. The van der Waals surface area contributed by atoms with Crippen molar-refractivity contribution in [2.45, 2.75) is 26.4 Å². The van der Waals surface area contributed by atoms with Crippen LogP contribution in [-0.2, 0) is 6.61 Å². The highest BCUT2D eigenvalue weighted by molar-refractivity contribution is 5.98. The maximum absolute atomic E-state index is 12.7. The lowest BCUT2D eigenvalue weighted by molar-refractivity contribution is 0.0847. The van der Waals surface area contributed by atoms with Gasteiger partial charge in [-0.1, -0.05) is 48.0 Å². The SMILES string of the molecule is Cc1ccc(C(=O)C2CCN(C(=O)NNC(=O)c3ccc(COc4ccccc4)o3)CC2)cc1. The third-order valence-electron chi connectivity index (χ3n) is 5.78. The molecule has 1 saturated heterocycles. The molecular weight excluding hydrogens is 434 g/mol. The lowest BCUT2D eigenvalue weighted by atomic mass is 9.89. The smallest absolute Gasteiger partial charge is 0.336 e. The van der Waals surface area contributed by atoms with Gasteiger partial charge in [-0.05, 0) is 44.0 Å². The molecule has 0 saturated carbocycles. The van der Waals surface area contributed by atoms with Gasteiger partial charge >= 0.3 is 11.9 Å². The topological polar surface area (TPSA) is 101 Å². The lowest BCUT2D eigenvalue weighted by Crippen LogP contribution is -2.51. The van der Waals surface area contributed by atoms with Crippen LogP contribution in [0.1, 0.15) is 45.1 Å². The Balaban J connectivity index is 1.20. The van der Waals surface area contributed by atoms with E-state index in [1.54, 1.807) is 11.0 Å². The fraction of sp³-hybridized carbons (Fsp3) is 0.269. The number of aryl methyl sites for hydroxylation is 1. The molecule has 2 aromatic carbocycles. The molecule has 0 bridgehead atoms. The molecular formula is C26H27N3O5. The molecule has 3 amide bonds. The zero-order valence-corrected chi connectivity index (χ0v) is 19.0. The average Bonchev–Trinajstić information content (AvgIpc) is 3.36. The Morgan fingerprint density at radius 2 is 1.65 bits per heavy atom. The van der Waals surface area contributed by atoms with Gasteiger partial charge in [-0.2, -0.15) is 0 Å². The van der Waals surface area contributed by atoms with Crippen molar-refractivity contribution < 1.29 is 23.5 Å². The number of likely N-dealkylation sites (tertiary alicyclic amines) is 1. The van der Waals surface area contributed by atoms with Gasteiger partial charge in [-0.25, -0.2) is 10.2 Å². The lowest BCUT2D eigenvalue weighted by Gasteiger charge is -2.31. The molecule has 1 aromatic heterocycles. The normalized spacial score (nSPS) is 13.9. The minimum atomic E-state index is -0.566. The molecule has 0 spiro atoms. The van der Waals surface area contributed by atoms with E-state index < -0.39 is 11.9 Å². The minimum absolute atomic E-state index is 0.0642. The van der Waals surface area contributed by atoms with Gasteiger partial charge in [0.05, 0.1) is 0 Å². The zero-order valence-electron chi connectivity index (χ0n) is 19.0. The van der Waals surface area contributed by atoms with Crippen molar-refractivity contribution in [3.05, 3.63) is 89.4 Å². The number of hydrogen-bond acceptors (Lipinski definition) is 5. The van der Waals surface area contributed by atoms with Gasteiger partial charge < -0.3 is 14.1 Å². The molecule has 176 valence electrons. The van der Waals surface area contributed by atoms with Crippen LogP contribution in [0.25, 0.3) is 0 Å². The van der Waals surface area contributed by atoms with Crippen LogP contribution in [0.4, 0.5) is 4.79 Å². The van der Waals surface area contributed by atoms with E-state index in [0.717, 1.165) is 5.56 Å². The first kappa shape index (κ1) is 23.1. The second kappa shape index (κ2) is 10.7. The third kappa shape index (κ3) is 5.83. The van der Waals surface area contributed by atoms with Gasteiger partial charge in [-0.3, -0.25) is 15.0 Å². The quantitative estimate of drug-likeness (QED) is 0.425. The fourth-order valence-corrected chi connectivity index (χ4v) is 3.80. The van der Waals surface area contributed by atoms with Gasteiger partial charge in [-0.15, -0.1) is 0 Å². The number of ketones is 1. The van der Waals surface area contributed by atoms with E-state index in [4.69, 9.17) is 9.15 Å². The number of benzene rings is 2. The largest absolute Gasteiger partial charge is 0.486 e. The molecule has 8 nitrogen and oxygen atoms in total. The zero-order chi connectivity index (χ0) is 23.9. The van der Waals surface area contributed by atoms with Crippen LogP contribution in [0.5, 0.6) is 5.75 Å². The molecule has 0 atom stereocenters. The summed E-state index contributed by atoms with van der Waals surface area (Å²) in [6.07, 6.45) is 1.16. The number of ether oxygens (including phenoxy) is 1. The van der Waals surface area contributed by atoms with Crippen LogP contribution in [-0.4, -0.2) is 35.7 Å². The molecule has 1 aliphatic rings. The van der Waals surface area contributed by atoms with Crippen molar-refractivity contribution >= 4 is 17.7 Å². The Morgan fingerprint density at radius 3 is 2.35 bits per heavy atom. The highest BCUT2D eigenvalue weighted by Crippen LogP contribution is 2.22. The number of rotatable bonds is 6. The van der Waals surface area contributed by atoms with E-state index >= 15 is 0 Å². The number of nitrogens with one attached hydrogen (secondary N) is 2. The predicted molar refractivity (Wildman–Crippen MR) is 125 cm³/mol. The minimum Gasteiger partial charge on any atom is -0.486 e. The van der Waals surface area contributed by atoms with E-state index in [0.29, 0.717) is 43.0 Å². The number of Topliss-reactive ketones (excluding diaryl/α,β-unsaturated/α-hetero) is 1. The van der Waals surface area contributed by atoms with Gasteiger partial charge in [0.2, 0.25) is 0 Å². The van der Waals surface area contributed by atoms with E-state index in [2.05, 4.69) is 10.9 Å². The van der Waals surface area contributed by atoms with Crippen molar-refractivity contribution in [2.24, 2.45) is 5.92 Å². The van der Waals surface area contributed by atoms with E-state index in [-0.39, 0.29) is 24.1 Å². The number of hydrogen-bond donors (Lipinski definition) is 2. The Hall–Kier alpha value is -4.07. The highest BCUT2D eigenvalue weighted by atomic mass is 16.5. The average molecular weight is 462 g/mol. The first-order chi connectivity index (χ1) is 16.5. The first-order valence-electron chi connectivity index (χ1n) is 11.2. The summed E-state index contributed by atoms with van der Waals surface area (Å²) in [6, 6.07) is 19.6. The Labute approximate surface area is 197 Å². The molecule has 2 heterocycles. The van der Waals surface area contributed by atoms with Gasteiger partial charge in [0.25, 0.3) is 0 Å². The number of amides is 3. The van der Waals surface area contributed by atoms with Crippen LogP contribution < -0.4 is 15.6 Å². The van der Waals surface area contributed by atoms with Crippen LogP contribution in [0, 0.1) is 12.8 Å². The summed E-state index contributed by atoms with van der Waals surface area (Å²) in [6.45, 7) is 3.03. The number of para-hydroxylation sites is 1. The van der Waals surface area contributed by atoms with E-state index in [1.165, 1.54) is 6.07 Å². The maximum atomic E-state index is 12.7. The fourth-order valence-electron chi connectivity index (χ4n) is 3.80. The van der Waals surface area contributed by atoms with Crippen molar-refractivity contribution in [3.63, 3.8) is 0 Å². The van der Waals surface area contributed by atoms with Crippen molar-refractivity contribution in [2.75, 3.05) is 13.1 Å². The highest BCUT2D eigenvalue weighted by Gasteiger charge is 2.28. The second-order valence-electron chi connectivity index (χ2n) is 8.24. The Morgan fingerprint density at radius 1 is 0.941 bits per heavy atom. The molecule has 0 radical (unpaired) electrons. The molecule has 2 N–H and O–H groups in total. The van der Waals surface area contributed by atoms with Crippen LogP contribution >= 0.6 is 0 Å². The summed E-state index contributed by atoms with van der Waals surface area (Å²) < 4.78 is 11.1. The van der Waals surface area contributed by atoms with Crippen molar-refractivity contribution in [1.82, 2.24) is 15.8 Å². The van der Waals surface area contributed by atoms with Gasteiger partial charge in [0.1, 0.15) is 18.1 Å².